The van der Waals surface area contributed by atoms with Crippen LogP contribution in [0.15, 0.2) is 35.0 Å². The van der Waals surface area contributed by atoms with Gasteiger partial charge in [-0.25, -0.2) is 4.98 Å². The quantitative estimate of drug-likeness (QED) is 0.319. The molecule has 0 atom stereocenters. The summed E-state index contributed by atoms with van der Waals surface area (Å²) in [6.07, 6.45) is 4.27. The number of hydrogen-bond donors (Lipinski definition) is 0. The molecule has 1 aliphatic rings. The van der Waals surface area contributed by atoms with E-state index in [4.69, 9.17) is 26.4 Å². The van der Waals surface area contributed by atoms with Crippen LogP contribution < -0.4 is 9.64 Å². The van der Waals surface area contributed by atoms with Gasteiger partial charge in [0.05, 0.1) is 23.4 Å². The Morgan fingerprint density at radius 3 is 2.84 bits per heavy atom. The number of rotatable bonds is 7. The van der Waals surface area contributed by atoms with Crippen LogP contribution in [-0.4, -0.2) is 28.3 Å². The van der Waals surface area contributed by atoms with Crippen molar-refractivity contribution in [2.24, 2.45) is 0 Å². The molecular formula is C25H27ClN4OS. The van der Waals surface area contributed by atoms with Gasteiger partial charge in [-0.2, -0.15) is 21.0 Å². The van der Waals surface area contributed by atoms with Crippen LogP contribution in [0.5, 0.6) is 5.75 Å². The van der Waals surface area contributed by atoms with Crippen molar-refractivity contribution >= 4 is 34.4 Å². The molecule has 0 saturated heterocycles. The van der Waals surface area contributed by atoms with Crippen LogP contribution in [0.3, 0.4) is 0 Å². The van der Waals surface area contributed by atoms with Crippen molar-refractivity contribution in [1.82, 2.24) is 14.6 Å². The summed E-state index contributed by atoms with van der Waals surface area (Å²) in [5, 5.41) is 10.0. The smallest absolute Gasteiger partial charge is 0.165 e. The molecular weight excluding hydrogens is 440 g/mol. The highest BCUT2D eigenvalue weighted by Gasteiger charge is 2.27. The summed E-state index contributed by atoms with van der Waals surface area (Å²) >= 11 is 8.43. The Hall–Kier alpha value is -2.57. The Kier molecular flexibility index (Phi) is 5.82. The van der Waals surface area contributed by atoms with Gasteiger partial charge in [0.15, 0.2) is 5.65 Å². The van der Waals surface area contributed by atoms with Crippen LogP contribution in [0.4, 0.5) is 5.82 Å². The Morgan fingerprint density at radius 1 is 1.25 bits per heavy atom. The maximum absolute atomic E-state index is 6.68. The number of aryl methyl sites for hydroxylation is 2. The number of aromatic nitrogens is 3. The number of nitrogens with zero attached hydrogens (tertiary/aromatic N) is 4. The minimum Gasteiger partial charge on any atom is -0.497 e. The monoisotopic (exact) mass is 466 g/mol. The number of methoxy groups -OCH3 is 1. The summed E-state index contributed by atoms with van der Waals surface area (Å²) in [5.41, 5.74) is 7.64. The fourth-order valence-electron chi connectivity index (χ4n) is 4.71. The number of hydrogen-bond acceptors (Lipinski definition) is 5. The molecule has 1 aliphatic carbocycles. The van der Waals surface area contributed by atoms with Crippen molar-refractivity contribution in [2.45, 2.75) is 46.1 Å². The molecule has 7 heteroatoms. The molecule has 0 bridgehead atoms. The predicted octanol–water partition coefficient (Wildman–Crippen LogP) is 6.33. The lowest BCUT2D eigenvalue weighted by molar-refractivity contribution is 0.415. The molecule has 4 aromatic rings. The molecule has 1 aromatic carbocycles. The number of anilines is 1. The summed E-state index contributed by atoms with van der Waals surface area (Å²) < 4.78 is 7.41. The molecule has 3 aromatic heterocycles. The Morgan fingerprint density at radius 2 is 2.12 bits per heavy atom. The number of thiophene rings is 1. The molecule has 0 unspecified atom stereocenters. The zero-order valence-electron chi connectivity index (χ0n) is 18.7. The second kappa shape index (κ2) is 8.75. The van der Waals surface area contributed by atoms with Crippen LogP contribution >= 0.6 is 22.9 Å². The van der Waals surface area contributed by atoms with Gasteiger partial charge in [-0.15, -0.1) is 0 Å². The molecule has 32 heavy (non-hydrogen) atoms. The SMILES string of the molecule is CCCN(Cc1ccsc1)c1c2c(nc3c(-c4ccc(OC)cc4Cl)c(C)nn13)CCC2. The highest BCUT2D eigenvalue weighted by atomic mass is 35.5. The van der Waals surface area contributed by atoms with Crippen molar-refractivity contribution in [3.05, 3.63) is 62.6 Å². The van der Waals surface area contributed by atoms with Crippen molar-refractivity contribution in [2.75, 3.05) is 18.6 Å². The lowest BCUT2D eigenvalue weighted by Gasteiger charge is -2.27. The van der Waals surface area contributed by atoms with E-state index < -0.39 is 0 Å². The molecule has 0 spiro atoms. The average molecular weight is 467 g/mol. The maximum Gasteiger partial charge on any atom is 0.165 e. The van der Waals surface area contributed by atoms with Gasteiger partial charge in [0.1, 0.15) is 11.6 Å². The maximum atomic E-state index is 6.68. The van der Waals surface area contributed by atoms with E-state index in [0.29, 0.717) is 5.02 Å². The van der Waals surface area contributed by atoms with Gasteiger partial charge in [0, 0.05) is 29.9 Å². The third kappa shape index (κ3) is 3.65. The summed E-state index contributed by atoms with van der Waals surface area (Å²) in [7, 11) is 1.65. The Bertz CT molecular complexity index is 1270. The van der Waals surface area contributed by atoms with Crippen molar-refractivity contribution in [1.29, 1.82) is 0 Å². The first kappa shape index (κ1) is 21.3. The van der Waals surface area contributed by atoms with Crippen molar-refractivity contribution in [3.8, 4) is 16.9 Å². The fraction of sp³-hybridized carbons (Fsp3) is 0.360. The summed E-state index contributed by atoms with van der Waals surface area (Å²) in [4.78, 5) is 7.60. The minimum atomic E-state index is 0.648. The standard InChI is InChI=1S/C25H27ClN4OS/c1-4-11-29(14-17-10-12-32-15-17)25-20-6-5-7-22(20)27-24-23(16(2)28-30(24)25)19-9-8-18(31-3)13-21(19)26/h8-10,12-13,15H,4-7,11,14H2,1-3H3. The number of halogens is 1. The molecule has 0 saturated carbocycles. The molecule has 166 valence electrons. The molecule has 0 fully saturated rings. The zero-order valence-corrected chi connectivity index (χ0v) is 20.3. The van der Waals surface area contributed by atoms with Gasteiger partial charge in [0.2, 0.25) is 0 Å². The lowest BCUT2D eigenvalue weighted by Crippen LogP contribution is -2.27. The average Bonchev–Trinajstić information content (AvgIpc) is 3.52. The molecule has 3 heterocycles. The fourth-order valence-corrected chi connectivity index (χ4v) is 5.64. The van der Waals surface area contributed by atoms with Crippen LogP contribution in [0.2, 0.25) is 5.02 Å². The van der Waals surface area contributed by atoms with Gasteiger partial charge in [-0.3, -0.25) is 0 Å². The topological polar surface area (TPSA) is 42.7 Å². The van der Waals surface area contributed by atoms with Gasteiger partial charge in [-0.05, 0) is 73.2 Å². The van der Waals surface area contributed by atoms with E-state index in [1.54, 1.807) is 18.4 Å². The van der Waals surface area contributed by atoms with E-state index in [0.717, 1.165) is 67.0 Å². The van der Waals surface area contributed by atoms with E-state index in [-0.39, 0.29) is 0 Å². The number of fused-ring (bicyclic) bond motifs is 2. The van der Waals surface area contributed by atoms with Crippen molar-refractivity contribution < 1.29 is 4.74 Å². The van der Waals surface area contributed by atoms with Gasteiger partial charge in [0.25, 0.3) is 0 Å². The second-order valence-corrected chi connectivity index (χ2v) is 9.50. The van der Waals surface area contributed by atoms with E-state index in [1.807, 2.05) is 25.1 Å². The van der Waals surface area contributed by atoms with Crippen LogP contribution in [-0.2, 0) is 19.4 Å². The van der Waals surface area contributed by atoms with Gasteiger partial charge < -0.3 is 9.64 Å². The largest absolute Gasteiger partial charge is 0.497 e. The molecule has 0 amide bonds. The molecule has 5 rings (SSSR count). The van der Waals surface area contributed by atoms with Crippen molar-refractivity contribution in [3.63, 3.8) is 0 Å². The zero-order chi connectivity index (χ0) is 22.2. The summed E-state index contributed by atoms with van der Waals surface area (Å²) in [5.74, 6) is 1.93. The summed E-state index contributed by atoms with van der Waals surface area (Å²) in [6, 6.07) is 8.02. The number of benzene rings is 1. The highest BCUT2D eigenvalue weighted by molar-refractivity contribution is 7.07. The molecule has 0 radical (unpaired) electrons. The predicted molar refractivity (Wildman–Crippen MR) is 132 cm³/mol. The molecule has 5 nitrogen and oxygen atoms in total. The molecule has 0 aliphatic heterocycles. The first-order valence-electron chi connectivity index (χ1n) is 11.1. The lowest BCUT2D eigenvalue weighted by atomic mass is 10.1. The van der Waals surface area contributed by atoms with E-state index in [9.17, 15) is 0 Å². The normalized spacial score (nSPS) is 13.0. The number of ether oxygens (including phenoxy) is 1. The van der Waals surface area contributed by atoms with E-state index >= 15 is 0 Å². The third-order valence-corrected chi connectivity index (χ3v) is 7.17. The van der Waals surface area contributed by atoms with Crippen LogP contribution in [0.1, 0.15) is 42.3 Å². The van der Waals surface area contributed by atoms with Crippen LogP contribution in [0, 0.1) is 6.92 Å². The first-order chi connectivity index (χ1) is 15.6. The first-order valence-corrected chi connectivity index (χ1v) is 12.4. The minimum absolute atomic E-state index is 0.648. The highest BCUT2D eigenvalue weighted by Crippen LogP contribution is 2.39. The van der Waals surface area contributed by atoms with E-state index in [1.165, 1.54) is 22.6 Å². The van der Waals surface area contributed by atoms with Gasteiger partial charge >= 0.3 is 0 Å². The Labute approximate surface area is 197 Å². The third-order valence-electron chi connectivity index (χ3n) is 6.13. The molecule has 0 N–H and O–H groups in total. The summed E-state index contributed by atoms with van der Waals surface area (Å²) in [6.45, 7) is 6.12. The second-order valence-electron chi connectivity index (χ2n) is 8.31. The van der Waals surface area contributed by atoms with Gasteiger partial charge in [-0.1, -0.05) is 18.5 Å². The van der Waals surface area contributed by atoms with E-state index in [2.05, 4.69) is 33.2 Å². The van der Waals surface area contributed by atoms with Crippen LogP contribution in [0.25, 0.3) is 16.8 Å². The Balaban J connectivity index is 1.73.